The predicted molar refractivity (Wildman–Crippen MR) is 89.0 cm³/mol. The van der Waals surface area contributed by atoms with Crippen molar-refractivity contribution >= 4 is 5.91 Å². The number of benzene rings is 1. The van der Waals surface area contributed by atoms with Crippen LogP contribution in [0.1, 0.15) is 24.3 Å². The topological polar surface area (TPSA) is 88.2 Å². The fourth-order valence-corrected chi connectivity index (χ4v) is 2.72. The molecule has 2 aromatic rings. The highest BCUT2D eigenvalue weighted by molar-refractivity contribution is 5.76. The zero-order valence-corrected chi connectivity index (χ0v) is 13.9. The highest BCUT2D eigenvalue weighted by atomic mass is 19.1. The lowest BCUT2D eigenvalue weighted by atomic mass is 10.1. The Morgan fingerprint density at radius 1 is 1.44 bits per heavy atom. The molecular weight excluding hydrogens is 325 g/mol. The van der Waals surface area contributed by atoms with Crippen LogP contribution in [0.2, 0.25) is 0 Å². The summed E-state index contributed by atoms with van der Waals surface area (Å²) in [5, 5.41) is 15.8. The minimum absolute atomic E-state index is 0.0431. The van der Waals surface area contributed by atoms with Gasteiger partial charge in [0.1, 0.15) is 5.82 Å². The van der Waals surface area contributed by atoms with Crippen LogP contribution in [0.25, 0.3) is 11.4 Å². The molecule has 1 aromatic heterocycles. The molecule has 2 N–H and O–H groups in total. The van der Waals surface area contributed by atoms with Gasteiger partial charge in [-0.25, -0.2) is 4.39 Å². The molecule has 3 rings (SSSR count). The SMILES string of the molecule is Cc1ccc(-c2noc(CCC(=O)N[C@@H]3C=C[C@H](CO)C3)n2)cc1F. The Bertz CT molecular complexity index is 788. The zero-order valence-electron chi connectivity index (χ0n) is 13.9. The molecule has 1 heterocycles. The molecule has 0 radical (unpaired) electrons. The quantitative estimate of drug-likeness (QED) is 0.784. The first-order valence-electron chi connectivity index (χ1n) is 8.23. The fraction of sp³-hybridized carbons (Fsp3) is 0.389. The van der Waals surface area contributed by atoms with E-state index in [-0.39, 0.29) is 36.7 Å². The van der Waals surface area contributed by atoms with Crippen molar-refractivity contribution in [2.75, 3.05) is 6.61 Å². The molecule has 0 saturated heterocycles. The summed E-state index contributed by atoms with van der Waals surface area (Å²) in [6.07, 6.45) is 5.06. The van der Waals surface area contributed by atoms with Crippen LogP contribution in [-0.4, -0.2) is 33.8 Å². The van der Waals surface area contributed by atoms with Crippen LogP contribution >= 0.6 is 0 Å². The first-order chi connectivity index (χ1) is 12.0. The van der Waals surface area contributed by atoms with Gasteiger partial charge in [-0.2, -0.15) is 4.98 Å². The summed E-state index contributed by atoms with van der Waals surface area (Å²) in [5.74, 6) is 0.308. The molecule has 25 heavy (non-hydrogen) atoms. The Kier molecular flexibility index (Phi) is 5.23. The molecule has 132 valence electrons. The van der Waals surface area contributed by atoms with Crippen LogP contribution in [0.5, 0.6) is 0 Å². The molecule has 1 aliphatic carbocycles. The van der Waals surface area contributed by atoms with Crippen LogP contribution in [0.15, 0.2) is 34.9 Å². The van der Waals surface area contributed by atoms with Crippen molar-refractivity contribution in [3.05, 3.63) is 47.6 Å². The highest BCUT2D eigenvalue weighted by Gasteiger charge is 2.20. The Hall–Kier alpha value is -2.54. The maximum atomic E-state index is 13.6. The summed E-state index contributed by atoms with van der Waals surface area (Å²) >= 11 is 0. The van der Waals surface area contributed by atoms with Gasteiger partial charge in [0, 0.05) is 37.0 Å². The average molecular weight is 345 g/mol. The van der Waals surface area contributed by atoms with Crippen molar-refractivity contribution in [1.82, 2.24) is 15.5 Å². The molecule has 1 amide bonds. The number of aliphatic hydroxyl groups excluding tert-OH is 1. The van der Waals surface area contributed by atoms with Crippen LogP contribution in [0.4, 0.5) is 4.39 Å². The number of hydrogen-bond acceptors (Lipinski definition) is 5. The third-order valence-corrected chi connectivity index (χ3v) is 4.22. The Morgan fingerprint density at radius 3 is 3.00 bits per heavy atom. The van der Waals surface area contributed by atoms with E-state index < -0.39 is 0 Å². The largest absolute Gasteiger partial charge is 0.396 e. The second kappa shape index (κ2) is 7.57. The Morgan fingerprint density at radius 2 is 2.28 bits per heavy atom. The monoisotopic (exact) mass is 345 g/mol. The van der Waals surface area contributed by atoms with E-state index in [1.54, 1.807) is 19.1 Å². The number of halogens is 1. The zero-order chi connectivity index (χ0) is 17.8. The van der Waals surface area contributed by atoms with Crippen LogP contribution < -0.4 is 5.32 Å². The summed E-state index contributed by atoms with van der Waals surface area (Å²) in [6, 6.07) is 4.70. The maximum absolute atomic E-state index is 13.6. The summed E-state index contributed by atoms with van der Waals surface area (Å²) < 4.78 is 18.7. The first-order valence-corrected chi connectivity index (χ1v) is 8.23. The second-order valence-corrected chi connectivity index (χ2v) is 6.21. The summed E-state index contributed by atoms with van der Waals surface area (Å²) in [6.45, 7) is 1.77. The van der Waals surface area contributed by atoms with Crippen molar-refractivity contribution in [2.45, 2.75) is 32.2 Å². The van der Waals surface area contributed by atoms with Gasteiger partial charge in [-0.05, 0) is 25.0 Å². The molecule has 2 atom stereocenters. The third-order valence-electron chi connectivity index (χ3n) is 4.22. The number of aromatic nitrogens is 2. The number of hydrogen-bond donors (Lipinski definition) is 2. The molecule has 0 bridgehead atoms. The van der Waals surface area contributed by atoms with Gasteiger partial charge < -0.3 is 14.9 Å². The Balaban J connectivity index is 1.52. The number of aliphatic hydroxyl groups is 1. The van der Waals surface area contributed by atoms with Crippen molar-refractivity contribution in [3.8, 4) is 11.4 Å². The molecule has 0 aliphatic heterocycles. The molecule has 1 aromatic carbocycles. The number of nitrogens with zero attached hydrogens (tertiary/aromatic N) is 2. The molecule has 6 nitrogen and oxygen atoms in total. The second-order valence-electron chi connectivity index (χ2n) is 6.21. The lowest BCUT2D eigenvalue weighted by molar-refractivity contribution is -0.121. The lowest BCUT2D eigenvalue weighted by Gasteiger charge is -2.12. The van der Waals surface area contributed by atoms with Gasteiger partial charge in [0.25, 0.3) is 0 Å². The number of carbonyl (C=O) groups excluding carboxylic acids is 1. The average Bonchev–Trinajstić information content (AvgIpc) is 3.24. The Labute approximate surface area is 144 Å². The normalized spacial score (nSPS) is 19.3. The number of amides is 1. The molecule has 0 saturated carbocycles. The van der Waals surface area contributed by atoms with E-state index in [9.17, 15) is 9.18 Å². The van der Waals surface area contributed by atoms with Gasteiger partial charge in [-0.1, -0.05) is 29.4 Å². The molecule has 1 aliphatic rings. The van der Waals surface area contributed by atoms with Crippen molar-refractivity contribution in [3.63, 3.8) is 0 Å². The van der Waals surface area contributed by atoms with Crippen molar-refractivity contribution in [2.24, 2.45) is 5.92 Å². The van der Waals surface area contributed by atoms with E-state index in [2.05, 4.69) is 15.5 Å². The van der Waals surface area contributed by atoms with Crippen LogP contribution in [0, 0.1) is 18.7 Å². The number of rotatable bonds is 6. The standard InChI is InChI=1S/C18H20FN3O3/c1-11-2-4-13(9-15(11)19)18-21-17(25-22-18)7-6-16(24)20-14-5-3-12(8-14)10-23/h2-5,9,12,14,23H,6-8,10H2,1H3,(H,20,24)/t12-,14+/m0/s1. The van der Waals surface area contributed by atoms with E-state index in [0.29, 0.717) is 35.7 Å². The van der Waals surface area contributed by atoms with Crippen molar-refractivity contribution < 1.29 is 18.8 Å². The lowest BCUT2D eigenvalue weighted by Crippen LogP contribution is -2.33. The predicted octanol–water partition coefficient (Wildman–Crippen LogP) is 2.17. The van der Waals surface area contributed by atoms with Crippen LogP contribution in [0.3, 0.4) is 0 Å². The van der Waals surface area contributed by atoms with E-state index in [0.717, 1.165) is 0 Å². The van der Waals surface area contributed by atoms with Gasteiger partial charge >= 0.3 is 0 Å². The smallest absolute Gasteiger partial charge is 0.227 e. The number of carbonyl (C=O) groups is 1. The van der Waals surface area contributed by atoms with Gasteiger partial charge in [-0.3, -0.25) is 4.79 Å². The van der Waals surface area contributed by atoms with E-state index in [4.69, 9.17) is 9.63 Å². The van der Waals surface area contributed by atoms with Crippen LogP contribution in [-0.2, 0) is 11.2 Å². The maximum Gasteiger partial charge on any atom is 0.227 e. The molecule has 0 spiro atoms. The van der Waals surface area contributed by atoms with E-state index in [1.165, 1.54) is 6.07 Å². The minimum Gasteiger partial charge on any atom is -0.396 e. The third kappa shape index (κ3) is 4.30. The number of nitrogens with one attached hydrogen (secondary N) is 1. The van der Waals surface area contributed by atoms with Gasteiger partial charge in [-0.15, -0.1) is 0 Å². The fourth-order valence-electron chi connectivity index (χ4n) is 2.72. The molecular formula is C18H20FN3O3. The van der Waals surface area contributed by atoms with Crippen molar-refractivity contribution in [1.29, 1.82) is 0 Å². The summed E-state index contributed by atoms with van der Waals surface area (Å²) in [5.41, 5.74) is 1.09. The minimum atomic E-state index is -0.325. The molecule has 0 unspecified atom stereocenters. The highest BCUT2D eigenvalue weighted by Crippen LogP contribution is 2.20. The van der Waals surface area contributed by atoms with E-state index >= 15 is 0 Å². The summed E-state index contributed by atoms with van der Waals surface area (Å²) in [7, 11) is 0. The molecule has 7 heteroatoms. The number of aryl methyl sites for hydroxylation is 2. The summed E-state index contributed by atoms with van der Waals surface area (Å²) in [4.78, 5) is 16.2. The van der Waals surface area contributed by atoms with Gasteiger partial charge in [0.15, 0.2) is 0 Å². The van der Waals surface area contributed by atoms with E-state index in [1.807, 2.05) is 12.2 Å². The van der Waals surface area contributed by atoms with Gasteiger partial charge in [0.05, 0.1) is 0 Å². The first kappa shape index (κ1) is 17.3. The molecule has 0 fully saturated rings. The van der Waals surface area contributed by atoms with Gasteiger partial charge in [0.2, 0.25) is 17.6 Å².